The first-order valence-corrected chi connectivity index (χ1v) is 8.72. The highest BCUT2D eigenvalue weighted by atomic mass is 16.5. The van der Waals surface area contributed by atoms with Crippen molar-refractivity contribution in [1.29, 1.82) is 0 Å². The molecule has 3 nitrogen and oxygen atoms in total. The molecule has 0 unspecified atom stereocenters. The molecule has 0 amide bonds. The number of rotatable bonds is 4. The van der Waals surface area contributed by atoms with E-state index in [4.69, 9.17) is 4.74 Å². The number of aryl methyl sites for hydroxylation is 3. The van der Waals surface area contributed by atoms with E-state index in [0.717, 1.165) is 28.9 Å². The number of hydrogen-bond acceptors (Lipinski definition) is 2. The standard InChI is InChI=1S/C22H21NO2/c1-16-7-9-18(10-8-16)20-15-23(13-11-17-5-3-2-4-6-17)22(24)19-12-14-25-21(19)20/h2-10,15H,11-14H2,1H3. The number of benzene rings is 2. The highest BCUT2D eigenvalue weighted by Gasteiger charge is 2.22. The minimum Gasteiger partial charge on any atom is -0.492 e. The molecule has 1 aliphatic rings. The van der Waals surface area contributed by atoms with Crippen LogP contribution in [0, 0.1) is 6.92 Å². The minimum absolute atomic E-state index is 0.0827. The topological polar surface area (TPSA) is 31.2 Å². The molecule has 0 aliphatic carbocycles. The Hall–Kier alpha value is -2.81. The van der Waals surface area contributed by atoms with Gasteiger partial charge in [-0.15, -0.1) is 0 Å². The minimum atomic E-state index is 0.0827. The normalized spacial score (nSPS) is 12.7. The largest absolute Gasteiger partial charge is 0.492 e. The van der Waals surface area contributed by atoms with Crippen molar-refractivity contribution in [1.82, 2.24) is 4.57 Å². The summed E-state index contributed by atoms with van der Waals surface area (Å²) in [4.78, 5) is 12.8. The van der Waals surface area contributed by atoms with Crippen molar-refractivity contribution >= 4 is 0 Å². The third-order valence-electron chi connectivity index (χ3n) is 4.77. The predicted octanol–water partition coefficient (Wildman–Crippen LogP) is 4.00. The Morgan fingerprint density at radius 3 is 2.56 bits per heavy atom. The van der Waals surface area contributed by atoms with Gasteiger partial charge in [-0.2, -0.15) is 0 Å². The first kappa shape index (κ1) is 15.7. The molecule has 3 heteroatoms. The average molecular weight is 331 g/mol. The Morgan fingerprint density at radius 1 is 1.04 bits per heavy atom. The lowest BCUT2D eigenvalue weighted by molar-refractivity contribution is 0.357. The van der Waals surface area contributed by atoms with E-state index >= 15 is 0 Å². The molecule has 1 aromatic heterocycles. The molecule has 0 fully saturated rings. The Kier molecular flexibility index (Phi) is 4.14. The van der Waals surface area contributed by atoms with Gasteiger partial charge >= 0.3 is 0 Å². The fourth-order valence-corrected chi connectivity index (χ4v) is 3.35. The number of hydrogen-bond donors (Lipinski definition) is 0. The zero-order chi connectivity index (χ0) is 17.2. The second kappa shape index (κ2) is 6.60. The molecule has 0 saturated heterocycles. The Morgan fingerprint density at radius 2 is 1.80 bits per heavy atom. The molecule has 126 valence electrons. The first-order valence-electron chi connectivity index (χ1n) is 8.72. The lowest BCUT2D eigenvalue weighted by Gasteiger charge is -2.13. The summed E-state index contributed by atoms with van der Waals surface area (Å²) >= 11 is 0. The summed E-state index contributed by atoms with van der Waals surface area (Å²) in [5, 5.41) is 0. The molecular formula is C22H21NO2. The van der Waals surface area contributed by atoms with Crippen molar-refractivity contribution in [2.75, 3.05) is 6.61 Å². The van der Waals surface area contributed by atoms with Gasteiger partial charge in [0, 0.05) is 24.7 Å². The van der Waals surface area contributed by atoms with Crippen LogP contribution >= 0.6 is 0 Å². The third-order valence-corrected chi connectivity index (χ3v) is 4.77. The van der Waals surface area contributed by atoms with Gasteiger partial charge < -0.3 is 9.30 Å². The molecule has 0 atom stereocenters. The van der Waals surface area contributed by atoms with Gasteiger partial charge in [-0.05, 0) is 24.5 Å². The van der Waals surface area contributed by atoms with Crippen molar-refractivity contribution in [2.45, 2.75) is 26.3 Å². The van der Waals surface area contributed by atoms with E-state index in [2.05, 4.69) is 43.3 Å². The highest BCUT2D eigenvalue weighted by Crippen LogP contribution is 2.35. The summed E-state index contributed by atoms with van der Waals surface area (Å²) in [5.41, 5.74) is 5.46. The molecule has 25 heavy (non-hydrogen) atoms. The van der Waals surface area contributed by atoms with E-state index < -0.39 is 0 Å². The summed E-state index contributed by atoms with van der Waals surface area (Å²) < 4.78 is 7.64. The van der Waals surface area contributed by atoms with Crippen LogP contribution in [0.25, 0.3) is 11.1 Å². The fourth-order valence-electron chi connectivity index (χ4n) is 3.35. The van der Waals surface area contributed by atoms with E-state index in [-0.39, 0.29) is 5.56 Å². The molecular weight excluding hydrogens is 310 g/mol. The van der Waals surface area contributed by atoms with Crippen molar-refractivity contribution in [3.8, 4) is 16.9 Å². The molecule has 0 spiro atoms. The Labute approximate surface area is 147 Å². The van der Waals surface area contributed by atoms with Gasteiger partial charge in [-0.3, -0.25) is 4.79 Å². The van der Waals surface area contributed by atoms with Crippen molar-refractivity contribution in [3.63, 3.8) is 0 Å². The van der Waals surface area contributed by atoms with E-state index in [0.29, 0.717) is 19.6 Å². The third kappa shape index (κ3) is 3.10. The van der Waals surface area contributed by atoms with Crippen LogP contribution in [-0.2, 0) is 19.4 Å². The van der Waals surface area contributed by atoms with Crippen molar-refractivity contribution < 1.29 is 4.74 Å². The second-order valence-electron chi connectivity index (χ2n) is 6.55. The predicted molar refractivity (Wildman–Crippen MR) is 100 cm³/mol. The first-order chi connectivity index (χ1) is 12.2. The van der Waals surface area contributed by atoms with E-state index in [1.165, 1.54) is 11.1 Å². The molecule has 0 radical (unpaired) electrons. The summed E-state index contributed by atoms with van der Waals surface area (Å²) in [6, 6.07) is 18.7. The van der Waals surface area contributed by atoms with E-state index in [1.54, 1.807) is 0 Å². The van der Waals surface area contributed by atoms with Gasteiger partial charge in [0.15, 0.2) is 0 Å². The maximum Gasteiger partial charge on any atom is 0.257 e. The maximum absolute atomic E-state index is 12.8. The van der Waals surface area contributed by atoms with Crippen LogP contribution in [0.1, 0.15) is 16.7 Å². The van der Waals surface area contributed by atoms with Gasteiger partial charge in [0.1, 0.15) is 5.75 Å². The maximum atomic E-state index is 12.8. The lowest BCUT2D eigenvalue weighted by atomic mass is 10.0. The molecule has 2 heterocycles. The molecule has 2 aromatic carbocycles. The fraction of sp³-hybridized carbons (Fsp3) is 0.227. The van der Waals surface area contributed by atoms with Gasteiger partial charge in [-0.1, -0.05) is 60.2 Å². The van der Waals surface area contributed by atoms with Gasteiger partial charge in [0.25, 0.3) is 5.56 Å². The van der Waals surface area contributed by atoms with Gasteiger partial charge in [-0.25, -0.2) is 0 Å². The molecule has 3 aromatic rings. The van der Waals surface area contributed by atoms with E-state index in [1.807, 2.05) is 29.0 Å². The second-order valence-corrected chi connectivity index (χ2v) is 6.55. The van der Waals surface area contributed by atoms with Crippen molar-refractivity contribution in [2.24, 2.45) is 0 Å². The lowest BCUT2D eigenvalue weighted by Crippen LogP contribution is -2.23. The number of aromatic nitrogens is 1. The quantitative estimate of drug-likeness (QED) is 0.723. The SMILES string of the molecule is Cc1ccc(-c2cn(CCc3ccccc3)c(=O)c3c2OCC3)cc1. The smallest absolute Gasteiger partial charge is 0.257 e. The van der Waals surface area contributed by atoms with Crippen LogP contribution in [0.5, 0.6) is 5.75 Å². The monoisotopic (exact) mass is 331 g/mol. The van der Waals surface area contributed by atoms with Crippen molar-refractivity contribution in [3.05, 3.63) is 87.8 Å². The zero-order valence-corrected chi connectivity index (χ0v) is 14.4. The number of fused-ring (bicyclic) bond motifs is 1. The van der Waals surface area contributed by atoms with Crippen LogP contribution in [0.3, 0.4) is 0 Å². The molecule has 0 saturated carbocycles. The Bertz CT molecular complexity index is 940. The Balaban J connectivity index is 1.73. The van der Waals surface area contributed by atoms with Gasteiger partial charge in [0.2, 0.25) is 0 Å². The number of pyridine rings is 1. The number of ether oxygens (including phenoxy) is 1. The highest BCUT2D eigenvalue weighted by molar-refractivity contribution is 5.72. The van der Waals surface area contributed by atoms with Gasteiger partial charge in [0.05, 0.1) is 12.2 Å². The number of nitrogens with zero attached hydrogens (tertiary/aromatic N) is 1. The summed E-state index contributed by atoms with van der Waals surface area (Å²) in [6.07, 6.45) is 3.49. The summed E-state index contributed by atoms with van der Waals surface area (Å²) in [6.45, 7) is 3.34. The van der Waals surface area contributed by atoms with Crippen LogP contribution in [0.2, 0.25) is 0 Å². The van der Waals surface area contributed by atoms with Crippen LogP contribution in [0.4, 0.5) is 0 Å². The molecule has 0 N–H and O–H groups in total. The molecule has 0 bridgehead atoms. The molecule has 4 rings (SSSR count). The zero-order valence-electron chi connectivity index (χ0n) is 14.4. The molecule has 1 aliphatic heterocycles. The van der Waals surface area contributed by atoms with Crippen LogP contribution in [-0.4, -0.2) is 11.2 Å². The summed E-state index contributed by atoms with van der Waals surface area (Å²) in [7, 11) is 0. The van der Waals surface area contributed by atoms with Crippen LogP contribution < -0.4 is 10.3 Å². The average Bonchev–Trinajstić information content (AvgIpc) is 3.13. The van der Waals surface area contributed by atoms with E-state index in [9.17, 15) is 4.79 Å². The summed E-state index contributed by atoms with van der Waals surface area (Å²) in [5.74, 6) is 0.768. The van der Waals surface area contributed by atoms with Crippen LogP contribution in [0.15, 0.2) is 65.6 Å².